The maximum Gasteiger partial charge on any atom is 0.341 e. The zero-order valence-corrected chi connectivity index (χ0v) is 19.0. The summed E-state index contributed by atoms with van der Waals surface area (Å²) in [4.78, 5) is 24.4. The van der Waals surface area contributed by atoms with Crippen LogP contribution in [0.2, 0.25) is 0 Å². The number of carboxylic acid groups (broad SMARTS) is 1. The van der Waals surface area contributed by atoms with Gasteiger partial charge in [-0.2, -0.15) is 10.2 Å². The molecule has 3 rings (SSSR count). The second-order valence-corrected chi connectivity index (χ2v) is 9.37. The first-order valence-electron chi connectivity index (χ1n) is 10.7. The first-order chi connectivity index (χ1) is 14.6. The van der Waals surface area contributed by atoms with E-state index in [1.54, 1.807) is 12.4 Å². The van der Waals surface area contributed by atoms with E-state index in [9.17, 15) is 14.7 Å². The highest BCUT2D eigenvalue weighted by Gasteiger charge is 2.31. The molecule has 1 aliphatic rings. The van der Waals surface area contributed by atoms with E-state index in [4.69, 9.17) is 0 Å². The molecule has 2 aromatic rings. The van der Waals surface area contributed by atoms with E-state index >= 15 is 0 Å². The zero-order valence-electron chi connectivity index (χ0n) is 19.0. The molecule has 1 fully saturated rings. The van der Waals surface area contributed by atoms with Gasteiger partial charge in [-0.05, 0) is 60.3 Å². The van der Waals surface area contributed by atoms with E-state index in [1.807, 2.05) is 17.6 Å². The SMILES string of the molecule is C=C(/C(=C(\C)c1cc(=O)c(C(=O)O)cn1[C@@H](CC)C(C)(C)C)c1ccnnc1)C1CC1. The quantitative estimate of drug-likeness (QED) is 0.619. The van der Waals surface area contributed by atoms with Gasteiger partial charge in [-0.15, -0.1) is 0 Å². The lowest BCUT2D eigenvalue weighted by molar-refractivity contribution is 0.0693. The molecule has 0 amide bonds. The smallest absolute Gasteiger partial charge is 0.341 e. The number of hydrogen-bond donors (Lipinski definition) is 1. The second-order valence-electron chi connectivity index (χ2n) is 9.37. The van der Waals surface area contributed by atoms with Gasteiger partial charge in [0.2, 0.25) is 0 Å². The lowest BCUT2D eigenvalue weighted by Gasteiger charge is -2.35. The van der Waals surface area contributed by atoms with E-state index in [0.717, 1.165) is 41.5 Å². The Morgan fingerprint density at radius 2 is 2.00 bits per heavy atom. The number of aromatic carboxylic acids is 1. The van der Waals surface area contributed by atoms with Gasteiger partial charge >= 0.3 is 5.97 Å². The van der Waals surface area contributed by atoms with E-state index in [-0.39, 0.29) is 17.0 Å². The molecular weight excluding hydrogens is 390 g/mol. The molecule has 0 unspecified atom stereocenters. The van der Waals surface area contributed by atoms with Gasteiger partial charge in [-0.1, -0.05) is 34.3 Å². The Kier molecular flexibility index (Phi) is 6.30. The van der Waals surface area contributed by atoms with E-state index in [0.29, 0.717) is 11.6 Å². The molecule has 1 saturated carbocycles. The Labute approximate surface area is 183 Å². The number of pyridine rings is 1. The highest BCUT2D eigenvalue weighted by molar-refractivity contribution is 5.97. The summed E-state index contributed by atoms with van der Waals surface area (Å²) < 4.78 is 1.97. The molecule has 1 aliphatic carbocycles. The Bertz CT molecular complexity index is 1090. The summed E-state index contributed by atoms with van der Waals surface area (Å²) in [7, 11) is 0. The fraction of sp³-hybridized carbons (Fsp3) is 0.440. The number of rotatable bonds is 7. The van der Waals surface area contributed by atoms with Crippen LogP contribution in [-0.2, 0) is 0 Å². The van der Waals surface area contributed by atoms with Gasteiger partial charge in [0, 0.05) is 29.6 Å². The van der Waals surface area contributed by atoms with Crippen LogP contribution in [-0.4, -0.2) is 25.8 Å². The van der Waals surface area contributed by atoms with Crippen LogP contribution >= 0.6 is 0 Å². The van der Waals surface area contributed by atoms with Crippen LogP contribution in [0, 0.1) is 11.3 Å². The van der Waals surface area contributed by atoms with Crippen molar-refractivity contribution in [3.05, 3.63) is 69.9 Å². The molecule has 6 nitrogen and oxygen atoms in total. The minimum atomic E-state index is -1.21. The van der Waals surface area contributed by atoms with Gasteiger partial charge in [0.05, 0.1) is 12.4 Å². The standard InChI is InChI=1S/C25H31N3O3/c1-7-22(25(4,5)6)28-14-19(24(30)31)21(29)12-20(28)16(3)23(15(2)17-8-9-17)18-10-11-26-27-13-18/h10-14,17,22H,2,7-9H2,1,3-6H3,(H,30,31)/b23-16-/t22-/m0/s1. The number of carboxylic acids is 1. The van der Waals surface area contributed by atoms with Crippen LogP contribution in [0.4, 0.5) is 0 Å². The molecule has 31 heavy (non-hydrogen) atoms. The van der Waals surface area contributed by atoms with Crippen LogP contribution < -0.4 is 5.43 Å². The van der Waals surface area contributed by atoms with Crippen molar-refractivity contribution < 1.29 is 9.90 Å². The summed E-state index contributed by atoms with van der Waals surface area (Å²) in [5.41, 5.74) is 3.63. The van der Waals surface area contributed by atoms with Crippen molar-refractivity contribution in [2.45, 2.75) is 59.9 Å². The number of carbonyl (C=O) groups is 1. The topological polar surface area (TPSA) is 85.1 Å². The Morgan fingerprint density at radius 3 is 2.48 bits per heavy atom. The number of allylic oxidation sites excluding steroid dienone is 3. The van der Waals surface area contributed by atoms with Gasteiger partial charge in [-0.25, -0.2) is 4.79 Å². The van der Waals surface area contributed by atoms with Gasteiger partial charge < -0.3 is 9.67 Å². The molecule has 6 heteroatoms. The van der Waals surface area contributed by atoms with Crippen LogP contribution in [0.5, 0.6) is 0 Å². The summed E-state index contributed by atoms with van der Waals surface area (Å²) in [6.45, 7) is 14.8. The lowest BCUT2D eigenvalue weighted by atomic mass is 9.83. The second kappa shape index (κ2) is 8.61. The van der Waals surface area contributed by atoms with Crippen molar-refractivity contribution in [3.63, 3.8) is 0 Å². The minimum absolute atomic E-state index is 0.00200. The Hall–Kier alpha value is -3.02. The molecule has 1 atom stereocenters. The maximum atomic E-state index is 12.7. The van der Waals surface area contributed by atoms with E-state index in [1.165, 1.54) is 12.3 Å². The molecule has 0 radical (unpaired) electrons. The van der Waals surface area contributed by atoms with E-state index in [2.05, 4.69) is 44.5 Å². The van der Waals surface area contributed by atoms with Crippen molar-refractivity contribution in [2.24, 2.45) is 11.3 Å². The number of aromatic nitrogens is 3. The third-order valence-corrected chi connectivity index (χ3v) is 6.06. The molecule has 0 saturated heterocycles. The number of nitrogens with zero attached hydrogens (tertiary/aromatic N) is 3. The molecule has 0 aliphatic heterocycles. The van der Waals surface area contributed by atoms with Crippen molar-refractivity contribution in [3.8, 4) is 0 Å². The minimum Gasteiger partial charge on any atom is -0.477 e. The first-order valence-corrected chi connectivity index (χ1v) is 10.7. The van der Waals surface area contributed by atoms with E-state index < -0.39 is 11.4 Å². The molecule has 2 heterocycles. The van der Waals surface area contributed by atoms with Gasteiger partial charge in [0.15, 0.2) is 5.43 Å². The van der Waals surface area contributed by atoms with Gasteiger partial charge in [0.1, 0.15) is 5.56 Å². The monoisotopic (exact) mass is 421 g/mol. The summed E-state index contributed by atoms with van der Waals surface area (Å²) >= 11 is 0. The lowest BCUT2D eigenvalue weighted by Crippen LogP contribution is -2.29. The molecule has 2 aromatic heterocycles. The average Bonchev–Trinajstić information content (AvgIpc) is 3.54. The fourth-order valence-corrected chi connectivity index (χ4v) is 4.34. The molecule has 0 bridgehead atoms. The zero-order chi connectivity index (χ0) is 22.9. The maximum absolute atomic E-state index is 12.7. The third-order valence-electron chi connectivity index (χ3n) is 6.06. The summed E-state index contributed by atoms with van der Waals surface area (Å²) in [6, 6.07) is 3.36. The van der Waals surface area contributed by atoms with Crippen molar-refractivity contribution in [2.75, 3.05) is 0 Å². The normalized spacial score (nSPS) is 15.9. The Morgan fingerprint density at radius 1 is 1.32 bits per heavy atom. The summed E-state index contributed by atoms with van der Waals surface area (Å²) in [5, 5.41) is 17.5. The molecule has 0 aromatic carbocycles. The van der Waals surface area contributed by atoms with Crippen molar-refractivity contribution in [1.82, 2.24) is 14.8 Å². The predicted molar refractivity (Wildman–Crippen MR) is 123 cm³/mol. The van der Waals surface area contributed by atoms with Crippen LogP contribution in [0.3, 0.4) is 0 Å². The molecule has 1 N–H and O–H groups in total. The largest absolute Gasteiger partial charge is 0.477 e. The summed E-state index contributed by atoms with van der Waals surface area (Å²) in [5.74, 6) is -0.794. The molecule has 164 valence electrons. The van der Waals surface area contributed by atoms with Crippen LogP contribution in [0.25, 0.3) is 11.1 Å². The highest BCUT2D eigenvalue weighted by Crippen LogP contribution is 2.45. The van der Waals surface area contributed by atoms with Gasteiger partial charge in [0.25, 0.3) is 0 Å². The molecular formula is C25H31N3O3. The first kappa shape index (κ1) is 22.7. The van der Waals surface area contributed by atoms with Crippen LogP contribution in [0.1, 0.15) is 81.5 Å². The third kappa shape index (κ3) is 4.68. The highest BCUT2D eigenvalue weighted by atomic mass is 16.4. The van der Waals surface area contributed by atoms with Crippen molar-refractivity contribution in [1.29, 1.82) is 0 Å². The predicted octanol–water partition coefficient (Wildman–Crippen LogP) is 5.23. The number of hydrogen-bond acceptors (Lipinski definition) is 4. The molecule has 0 spiro atoms. The Balaban J connectivity index is 2.35. The fourth-order valence-electron chi connectivity index (χ4n) is 4.34. The van der Waals surface area contributed by atoms with Gasteiger partial charge in [-0.3, -0.25) is 4.79 Å². The summed E-state index contributed by atoms with van der Waals surface area (Å²) in [6.07, 6.45) is 7.85. The van der Waals surface area contributed by atoms with Crippen molar-refractivity contribution >= 4 is 17.1 Å². The van der Waals surface area contributed by atoms with Crippen LogP contribution in [0.15, 0.2) is 47.7 Å². The average molecular weight is 422 g/mol.